The Balaban J connectivity index is 2.18. The average Bonchev–Trinajstić information content (AvgIpc) is 2.66. The summed E-state index contributed by atoms with van der Waals surface area (Å²) in [6, 6.07) is 4.90. The van der Waals surface area contributed by atoms with Gasteiger partial charge in [-0.3, -0.25) is 4.79 Å². The Morgan fingerprint density at radius 2 is 2.00 bits per heavy atom. The van der Waals surface area contributed by atoms with E-state index in [9.17, 15) is 23.1 Å². The van der Waals surface area contributed by atoms with Gasteiger partial charge in [0.05, 0.1) is 12.0 Å². The van der Waals surface area contributed by atoms with E-state index in [2.05, 4.69) is 4.98 Å². The summed E-state index contributed by atoms with van der Waals surface area (Å²) in [6.07, 6.45) is 2.87. The highest BCUT2D eigenvalue weighted by Gasteiger charge is 2.38. The molecule has 1 aliphatic heterocycles. The molecule has 1 N–H and O–H groups in total. The van der Waals surface area contributed by atoms with Crippen molar-refractivity contribution in [3.63, 3.8) is 0 Å². The number of carbonyl (C=O) groups is 2. The summed E-state index contributed by atoms with van der Waals surface area (Å²) >= 11 is 0. The quantitative estimate of drug-likeness (QED) is 0.805. The van der Waals surface area contributed by atoms with Crippen LogP contribution in [0, 0.1) is 0 Å². The molecule has 9 heteroatoms. The number of carboxylic acid groups (broad SMARTS) is 1. The molecule has 2 aromatic rings. The van der Waals surface area contributed by atoms with Crippen LogP contribution in [0.2, 0.25) is 0 Å². The summed E-state index contributed by atoms with van der Waals surface area (Å²) < 4.78 is 32.1. The van der Waals surface area contributed by atoms with E-state index in [-0.39, 0.29) is 23.6 Å². The number of benzene rings is 1. The maximum atomic E-state index is 13.2. The third-order valence-corrected chi connectivity index (χ3v) is 6.44. The van der Waals surface area contributed by atoms with E-state index in [0.717, 1.165) is 4.31 Å². The fourth-order valence-corrected chi connectivity index (χ4v) is 5.09. The molecule has 0 saturated carbocycles. The molecule has 0 aliphatic carbocycles. The minimum Gasteiger partial charge on any atom is -0.480 e. The molecule has 26 heavy (non-hydrogen) atoms. The molecule has 1 unspecified atom stereocenters. The first-order valence-electron chi connectivity index (χ1n) is 8.08. The van der Waals surface area contributed by atoms with Crippen molar-refractivity contribution in [3.8, 4) is 0 Å². The number of esters is 1. The SMILES string of the molecule is COC(=O)c1nccc2c(S(=O)(=O)N3CCCCC3C(=O)O)cccc12. The number of pyridine rings is 1. The van der Waals surface area contributed by atoms with Crippen LogP contribution < -0.4 is 0 Å². The number of piperidine rings is 1. The number of hydrogen-bond acceptors (Lipinski definition) is 6. The Morgan fingerprint density at radius 3 is 2.69 bits per heavy atom. The lowest BCUT2D eigenvalue weighted by Gasteiger charge is -2.32. The second-order valence-corrected chi connectivity index (χ2v) is 7.83. The molecule has 1 saturated heterocycles. The Labute approximate surface area is 150 Å². The molecular formula is C17H18N2O6S. The Kier molecular flexibility index (Phi) is 4.92. The molecule has 2 heterocycles. The van der Waals surface area contributed by atoms with Crippen LogP contribution in [0.15, 0.2) is 35.4 Å². The topological polar surface area (TPSA) is 114 Å². The van der Waals surface area contributed by atoms with Gasteiger partial charge in [0.2, 0.25) is 10.0 Å². The number of rotatable bonds is 4. The van der Waals surface area contributed by atoms with Gasteiger partial charge in [-0.05, 0) is 31.4 Å². The standard InChI is InChI=1S/C17H18N2O6S/c1-25-17(22)15-12-5-4-7-14(11(12)8-9-18-15)26(23,24)19-10-3-2-6-13(19)16(20)21/h4-5,7-9,13H,2-3,6,10H2,1H3,(H,20,21). The minimum absolute atomic E-state index is 0.00970. The Bertz CT molecular complexity index is 972. The summed E-state index contributed by atoms with van der Waals surface area (Å²) in [5.74, 6) is -1.84. The number of carboxylic acids is 1. The van der Waals surface area contributed by atoms with Gasteiger partial charge in [0.25, 0.3) is 0 Å². The lowest BCUT2D eigenvalue weighted by atomic mass is 10.1. The minimum atomic E-state index is -4.06. The van der Waals surface area contributed by atoms with Crippen LogP contribution in [0.4, 0.5) is 0 Å². The highest BCUT2D eigenvalue weighted by molar-refractivity contribution is 7.89. The number of carbonyl (C=O) groups excluding carboxylic acids is 1. The molecule has 1 aromatic heterocycles. The van der Waals surface area contributed by atoms with Gasteiger partial charge in [0, 0.05) is 23.5 Å². The van der Waals surface area contributed by atoms with E-state index in [1.165, 1.54) is 31.5 Å². The van der Waals surface area contributed by atoms with Crippen molar-refractivity contribution in [2.45, 2.75) is 30.2 Å². The van der Waals surface area contributed by atoms with Gasteiger partial charge < -0.3 is 9.84 Å². The molecule has 1 aliphatic rings. The lowest BCUT2D eigenvalue weighted by molar-refractivity contribution is -0.142. The molecule has 0 spiro atoms. The summed E-state index contributed by atoms with van der Waals surface area (Å²) in [4.78, 5) is 27.4. The Hall–Kier alpha value is -2.52. The second kappa shape index (κ2) is 7.00. The van der Waals surface area contributed by atoms with Crippen molar-refractivity contribution in [1.29, 1.82) is 0 Å². The summed E-state index contributed by atoms with van der Waals surface area (Å²) in [5, 5.41) is 10.0. The molecular weight excluding hydrogens is 360 g/mol. The van der Waals surface area contributed by atoms with E-state index in [1.807, 2.05) is 0 Å². The van der Waals surface area contributed by atoms with E-state index in [4.69, 9.17) is 4.74 Å². The third kappa shape index (κ3) is 3.04. The maximum Gasteiger partial charge on any atom is 0.357 e. The van der Waals surface area contributed by atoms with Gasteiger partial charge in [-0.15, -0.1) is 0 Å². The molecule has 8 nitrogen and oxygen atoms in total. The fraction of sp³-hybridized carbons (Fsp3) is 0.353. The molecule has 3 rings (SSSR count). The third-order valence-electron chi connectivity index (χ3n) is 4.47. The van der Waals surface area contributed by atoms with Crippen LogP contribution in [0.5, 0.6) is 0 Å². The van der Waals surface area contributed by atoms with Crippen molar-refractivity contribution in [3.05, 3.63) is 36.2 Å². The van der Waals surface area contributed by atoms with Gasteiger partial charge >= 0.3 is 11.9 Å². The van der Waals surface area contributed by atoms with Crippen molar-refractivity contribution in [2.24, 2.45) is 0 Å². The largest absolute Gasteiger partial charge is 0.480 e. The van der Waals surface area contributed by atoms with Gasteiger partial charge in [0.1, 0.15) is 6.04 Å². The fourth-order valence-electron chi connectivity index (χ4n) is 3.23. The maximum absolute atomic E-state index is 13.2. The first-order chi connectivity index (χ1) is 12.4. The zero-order chi connectivity index (χ0) is 18.9. The normalized spacial score (nSPS) is 18.6. The first-order valence-corrected chi connectivity index (χ1v) is 9.52. The van der Waals surface area contributed by atoms with E-state index < -0.39 is 28.0 Å². The second-order valence-electron chi connectivity index (χ2n) is 5.97. The molecule has 138 valence electrons. The molecule has 1 aromatic carbocycles. The van der Waals surface area contributed by atoms with Gasteiger partial charge in [-0.2, -0.15) is 4.31 Å². The predicted molar refractivity (Wildman–Crippen MR) is 92.2 cm³/mol. The van der Waals surface area contributed by atoms with Crippen molar-refractivity contribution < 1.29 is 27.9 Å². The molecule has 0 amide bonds. The van der Waals surface area contributed by atoms with Gasteiger partial charge in [-0.1, -0.05) is 12.1 Å². The van der Waals surface area contributed by atoms with Crippen LogP contribution in [0.1, 0.15) is 29.8 Å². The summed E-state index contributed by atoms with van der Waals surface area (Å²) in [5.41, 5.74) is 0.00970. The molecule has 1 fully saturated rings. The highest BCUT2D eigenvalue weighted by atomic mass is 32.2. The summed E-state index contributed by atoms with van der Waals surface area (Å²) in [7, 11) is -2.84. The Morgan fingerprint density at radius 1 is 1.23 bits per heavy atom. The number of nitrogens with zero attached hydrogens (tertiary/aromatic N) is 2. The van der Waals surface area contributed by atoms with E-state index in [1.54, 1.807) is 6.07 Å². The first kappa shape index (κ1) is 18.3. The number of fused-ring (bicyclic) bond motifs is 1. The average molecular weight is 378 g/mol. The number of methoxy groups -OCH3 is 1. The van der Waals surface area contributed by atoms with Crippen molar-refractivity contribution >= 4 is 32.7 Å². The van der Waals surface area contributed by atoms with E-state index >= 15 is 0 Å². The summed E-state index contributed by atoms with van der Waals surface area (Å²) in [6.45, 7) is 0.143. The number of hydrogen-bond donors (Lipinski definition) is 1. The highest BCUT2D eigenvalue weighted by Crippen LogP contribution is 2.31. The van der Waals surface area contributed by atoms with Crippen LogP contribution >= 0.6 is 0 Å². The molecule has 0 bridgehead atoms. The van der Waals surface area contributed by atoms with Gasteiger partial charge in [0.15, 0.2) is 5.69 Å². The van der Waals surface area contributed by atoms with Gasteiger partial charge in [-0.25, -0.2) is 18.2 Å². The van der Waals surface area contributed by atoms with Crippen LogP contribution in [-0.4, -0.2) is 54.4 Å². The molecule has 1 atom stereocenters. The number of aliphatic carboxylic acids is 1. The number of aromatic nitrogens is 1. The van der Waals surface area contributed by atoms with Crippen molar-refractivity contribution in [2.75, 3.05) is 13.7 Å². The zero-order valence-electron chi connectivity index (χ0n) is 14.1. The predicted octanol–water partition coefficient (Wildman–Crippen LogP) is 1.65. The van der Waals surface area contributed by atoms with Crippen LogP contribution in [0.25, 0.3) is 10.8 Å². The number of ether oxygens (including phenoxy) is 1. The zero-order valence-corrected chi connectivity index (χ0v) is 14.9. The smallest absolute Gasteiger partial charge is 0.357 e. The van der Waals surface area contributed by atoms with Crippen LogP contribution in [-0.2, 0) is 19.6 Å². The van der Waals surface area contributed by atoms with Crippen LogP contribution in [0.3, 0.4) is 0 Å². The lowest BCUT2D eigenvalue weighted by Crippen LogP contribution is -2.47. The molecule has 0 radical (unpaired) electrons. The van der Waals surface area contributed by atoms with Crippen molar-refractivity contribution in [1.82, 2.24) is 9.29 Å². The number of sulfonamides is 1. The van der Waals surface area contributed by atoms with E-state index in [0.29, 0.717) is 23.6 Å². The monoisotopic (exact) mass is 378 g/mol.